The Labute approximate surface area is 241 Å². The zero-order valence-corrected chi connectivity index (χ0v) is 24.8. The van der Waals surface area contributed by atoms with Crippen LogP contribution in [0.15, 0.2) is 117 Å². The molecule has 0 aliphatic heterocycles. The molecule has 0 saturated carbocycles. The van der Waals surface area contributed by atoms with Crippen molar-refractivity contribution in [1.29, 1.82) is 0 Å². The van der Waals surface area contributed by atoms with Gasteiger partial charge in [-0.1, -0.05) is 0 Å². The molecule has 0 saturated heterocycles. The van der Waals surface area contributed by atoms with Gasteiger partial charge in [-0.3, -0.25) is 0 Å². The average Bonchev–Trinajstić information content (AvgIpc) is 2.94. The molecule has 0 spiro atoms. The number of sulfone groups is 2. The maximum Gasteiger partial charge on any atom is 0.230 e. The summed E-state index contributed by atoms with van der Waals surface area (Å²) in [7, 11) is -7.41. The Morgan fingerprint density at radius 2 is 0.683 bits per heavy atom. The van der Waals surface area contributed by atoms with Gasteiger partial charge in [-0.15, -0.1) is 0 Å². The number of ether oxygens (including phenoxy) is 4. The van der Waals surface area contributed by atoms with Crippen LogP contribution in [0.25, 0.3) is 0 Å². The third kappa shape index (κ3) is 7.59. The first-order valence-corrected chi connectivity index (χ1v) is 15.9. The summed E-state index contributed by atoms with van der Waals surface area (Å²) in [5, 5.41) is 0. The van der Waals surface area contributed by atoms with E-state index >= 15 is 0 Å². The van der Waals surface area contributed by atoms with Gasteiger partial charge in [-0.2, -0.15) is 0 Å². The molecule has 4 aromatic carbocycles. The molecule has 4 rings (SSSR count). The number of rotatable bonds is 12. The topological polar surface area (TPSA) is 105 Å². The monoisotopic (exact) mass is 596 g/mol. The summed E-state index contributed by atoms with van der Waals surface area (Å²) in [5.41, 5.74) is 0. The van der Waals surface area contributed by atoms with E-state index in [1.807, 2.05) is 27.7 Å². The Bertz CT molecular complexity index is 1520. The summed E-state index contributed by atoms with van der Waals surface area (Å²) in [6, 6.07) is 24.6. The second kappa shape index (κ2) is 12.7. The molecule has 0 atom stereocenters. The number of hydrogen-bond donors (Lipinski definition) is 0. The van der Waals surface area contributed by atoms with E-state index in [4.69, 9.17) is 18.9 Å². The van der Waals surface area contributed by atoms with E-state index < -0.39 is 19.7 Å². The fourth-order valence-corrected chi connectivity index (χ4v) is 6.33. The molecule has 0 fully saturated rings. The molecule has 216 valence electrons. The van der Waals surface area contributed by atoms with Crippen LogP contribution >= 0.6 is 0 Å². The van der Waals surface area contributed by atoms with E-state index in [1.54, 1.807) is 48.5 Å². The smallest absolute Gasteiger partial charge is 0.230 e. The summed E-state index contributed by atoms with van der Waals surface area (Å²) >= 11 is 0. The summed E-state index contributed by atoms with van der Waals surface area (Å²) in [6.45, 7) is 7.43. The third-order valence-corrected chi connectivity index (χ3v) is 9.30. The minimum absolute atomic E-state index is 0.0105. The highest BCUT2D eigenvalue weighted by atomic mass is 32.2. The van der Waals surface area contributed by atoms with Crippen LogP contribution in [-0.4, -0.2) is 35.8 Å². The minimum Gasteiger partial charge on any atom is -0.491 e. The van der Waals surface area contributed by atoms with Gasteiger partial charge in [-0.25, -0.2) is 16.8 Å². The van der Waals surface area contributed by atoms with Crippen molar-refractivity contribution in [3.05, 3.63) is 97.1 Å². The van der Waals surface area contributed by atoms with E-state index in [9.17, 15) is 16.8 Å². The third-order valence-electron chi connectivity index (χ3n) is 5.73. The lowest BCUT2D eigenvalue weighted by Gasteiger charge is -2.12. The second-order valence-electron chi connectivity index (χ2n) is 9.63. The van der Waals surface area contributed by atoms with Gasteiger partial charge in [0.15, 0.2) is 0 Å². The van der Waals surface area contributed by atoms with Crippen LogP contribution in [0.3, 0.4) is 0 Å². The van der Waals surface area contributed by atoms with Crippen molar-refractivity contribution in [1.82, 2.24) is 0 Å². The highest BCUT2D eigenvalue weighted by molar-refractivity contribution is 7.91. The quantitative estimate of drug-likeness (QED) is 0.175. The van der Waals surface area contributed by atoms with E-state index in [2.05, 4.69) is 0 Å². The first-order valence-electron chi connectivity index (χ1n) is 12.9. The molecule has 0 unspecified atom stereocenters. The van der Waals surface area contributed by atoms with Crippen LogP contribution in [0.5, 0.6) is 23.0 Å². The summed E-state index contributed by atoms with van der Waals surface area (Å²) in [6.07, 6.45) is -0.0211. The highest BCUT2D eigenvalue weighted by Crippen LogP contribution is 2.27. The fourth-order valence-electron chi connectivity index (χ4n) is 3.81. The summed E-state index contributed by atoms with van der Waals surface area (Å²) < 4.78 is 74.2. The van der Waals surface area contributed by atoms with Gasteiger partial charge in [0.2, 0.25) is 26.5 Å². The lowest BCUT2D eigenvalue weighted by molar-refractivity contribution is 0.119. The normalized spacial score (nSPS) is 11.9. The Balaban J connectivity index is 1.33. The van der Waals surface area contributed by atoms with Gasteiger partial charge in [0.1, 0.15) is 23.0 Å². The van der Waals surface area contributed by atoms with Gasteiger partial charge >= 0.3 is 0 Å². The van der Waals surface area contributed by atoms with Gasteiger partial charge in [0, 0.05) is 0 Å². The van der Waals surface area contributed by atoms with Gasteiger partial charge in [0.05, 0.1) is 31.8 Å². The molecule has 0 amide bonds. The van der Waals surface area contributed by atoms with Gasteiger partial charge in [0.25, 0.3) is 0 Å². The molecule has 8 nitrogen and oxygen atoms in total. The van der Waals surface area contributed by atoms with Crippen LogP contribution in [0.2, 0.25) is 0 Å². The van der Waals surface area contributed by atoms with Crippen molar-refractivity contribution in [2.24, 2.45) is 0 Å². The second-order valence-corrected chi connectivity index (χ2v) is 13.5. The van der Waals surface area contributed by atoms with E-state index in [0.29, 0.717) is 23.0 Å². The lowest BCUT2D eigenvalue weighted by atomic mass is 10.3. The molecule has 10 heteroatoms. The Morgan fingerprint density at radius 1 is 0.439 bits per heavy atom. The zero-order valence-electron chi connectivity index (χ0n) is 23.2. The summed E-state index contributed by atoms with van der Waals surface area (Å²) in [4.78, 5) is 0.575. The van der Waals surface area contributed by atoms with Crippen LogP contribution < -0.4 is 18.9 Å². The van der Waals surface area contributed by atoms with Crippen molar-refractivity contribution in [3.63, 3.8) is 0 Å². The Morgan fingerprint density at radius 3 is 0.927 bits per heavy atom. The molecule has 0 aliphatic rings. The standard InChI is InChI=1S/C31H32O8S2/c1-22(2)38-26-9-17-30(18-10-26)40(32,33)28-13-5-24(6-14-28)36-21-37-25-7-15-29(16-8-25)41(34,35)31-19-11-27(12-20-31)39-23(3)4/h5-20,22-23H,21H2,1-4H3. The van der Waals surface area contributed by atoms with Crippen LogP contribution in [0, 0.1) is 0 Å². The first-order chi connectivity index (χ1) is 19.4. The predicted molar refractivity (Wildman–Crippen MR) is 154 cm³/mol. The van der Waals surface area contributed by atoms with Crippen molar-refractivity contribution in [2.45, 2.75) is 59.5 Å². The van der Waals surface area contributed by atoms with Crippen molar-refractivity contribution >= 4 is 19.7 Å². The van der Waals surface area contributed by atoms with Crippen LogP contribution in [-0.2, 0) is 19.7 Å². The summed E-state index contributed by atoms with van der Waals surface area (Å²) in [5.74, 6) is 2.02. The first kappa shape index (κ1) is 30.0. The van der Waals surface area contributed by atoms with Crippen molar-refractivity contribution in [3.8, 4) is 23.0 Å². The SMILES string of the molecule is CC(C)Oc1ccc(S(=O)(=O)c2ccc(OCOc3ccc(S(=O)(=O)c4ccc(OC(C)C)cc4)cc3)cc2)cc1. The molecule has 0 bridgehead atoms. The molecule has 0 aromatic heterocycles. The van der Waals surface area contributed by atoms with E-state index in [-0.39, 0.29) is 38.6 Å². The number of benzene rings is 4. The van der Waals surface area contributed by atoms with E-state index in [0.717, 1.165) is 0 Å². The lowest BCUT2D eigenvalue weighted by Crippen LogP contribution is -2.07. The minimum atomic E-state index is -3.71. The maximum atomic E-state index is 13.0. The Hall–Kier alpha value is -4.02. The molecule has 0 heterocycles. The number of hydrogen-bond acceptors (Lipinski definition) is 8. The Kier molecular flexibility index (Phi) is 9.25. The maximum absolute atomic E-state index is 13.0. The molecule has 4 aromatic rings. The van der Waals surface area contributed by atoms with Gasteiger partial charge < -0.3 is 18.9 Å². The molecule has 0 aliphatic carbocycles. The average molecular weight is 597 g/mol. The fraction of sp³-hybridized carbons (Fsp3) is 0.226. The largest absolute Gasteiger partial charge is 0.491 e. The van der Waals surface area contributed by atoms with Crippen molar-refractivity contribution in [2.75, 3.05) is 6.79 Å². The van der Waals surface area contributed by atoms with Gasteiger partial charge in [-0.05, 0) is 125 Å². The molecular weight excluding hydrogens is 564 g/mol. The molecule has 0 radical (unpaired) electrons. The van der Waals surface area contributed by atoms with Crippen LogP contribution in [0.4, 0.5) is 0 Å². The predicted octanol–water partition coefficient (Wildman–Crippen LogP) is 6.34. The van der Waals surface area contributed by atoms with Crippen molar-refractivity contribution < 1.29 is 35.8 Å². The highest BCUT2D eigenvalue weighted by Gasteiger charge is 2.19. The van der Waals surface area contributed by atoms with Crippen LogP contribution in [0.1, 0.15) is 27.7 Å². The zero-order chi connectivity index (χ0) is 29.6. The molecule has 41 heavy (non-hydrogen) atoms. The molecular formula is C31H32O8S2. The molecule has 0 N–H and O–H groups in total. The van der Waals surface area contributed by atoms with E-state index in [1.165, 1.54) is 48.5 Å².